The Kier molecular flexibility index (Phi) is 3.32. The molecule has 0 aliphatic carbocycles. The van der Waals surface area contributed by atoms with E-state index in [2.05, 4.69) is 12.6 Å². The van der Waals surface area contributed by atoms with Gasteiger partial charge in [0.25, 0.3) is 0 Å². The molecule has 0 aliphatic rings. The molecule has 0 spiro atoms. The maximum Gasteiger partial charge on any atom is 0.193 e. The van der Waals surface area contributed by atoms with Crippen molar-refractivity contribution < 1.29 is 4.79 Å². The normalized spacial score (nSPS) is 10.1. The van der Waals surface area contributed by atoms with E-state index in [1.54, 1.807) is 30.3 Å². The SMILES string of the molecule is O=C(c1ccccc1)c1ccc(S)c(Cl)c1. The van der Waals surface area contributed by atoms with Gasteiger partial charge in [-0.25, -0.2) is 0 Å². The van der Waals surface area contributed by atoms with E-state index in [-0.39, 0.29) is 5.78 Å². The number of carbonyl (C=O) groups excluding carboxylic acids is 1. The molecule has 0 bridgehead atoms. The van der Waals surface area contributed by atoms with E-state index >= 15 is 0 Å². The fourth-order valence-electron chi connectivity index (χ4n) is 1.40. The molecule has 0 heterocycles. The van der Waals surface area contributed by atoms with Crippen molar-refractivity contribution in [3.63, 3.8) is 0 Å². The summed E-state index contributed by atoms with van der Waals surface area (Å²) in [6.07, 6.45) is 0. The molecule has 16 heavy (non-hydrogen) atoms. The predicted octanol–water partition coefficient (Wildman–Crippen LogP) is 3.86. The van der Waals surface area contributed by atoms with Crippen molar-refractivity contribution in [2.45, 2.75) is 4.90 Å². The second-order valence-electron chi connectivity index (χ2n) is 3.36. The molecule has 0 amide bonds. The summed E-state index contributed by atoms with van der Waals surface area (Å²) < 4.78 is 0. The van der Waals surface area contributed by atoms with Crippen molar-refractivity contribution in [2.75, 3.05) is 0 Å². The highest BCUT2D eigenvalue weighted by Crippen LogP contribution is 2.22. The van der Waals surface area contributed by atoms with Crippen LogP contribution in [0.4, 0.5) is 0 Å². The number of benzene rings is 2. The zero-order valence-electron chi connectivity index (χ0n) is 8.35. The van der Waals surface area contributed by atoms with Crippen LogP contribution in [0, 0.1) is 0 Å². The van der Waals surface area contributed by atoms with Crippen LogP contribution in [0.5, 0.6) is 0 Å². The summed E-state index contributed by atoms with van der Waals surface area (Å²) in [7, 11) is 0. The molecule has 0 radical (unpaired) electrons. The molecule has 0 aromatic heterocycles. The van der Waals surface area contributed by atoms with E-state index in [4.69, 9.17) is 11.6 Å². The smallest absolute Gasteiger partial charge is 0.193 e. The van der Waals surface area contributed by atoms with Gasteiger partial charge in [-0.05, 0) is 18.2 Å². The van der Waals surface area contributed by atoms with Gasteiger partial charge in [-0.2, -0.15) is 0 Å². The molecular formula is C13H9ClOS. The Balaban J connectivity index is 2.39. The van der Waals surface area contributed by atoms with E-state index in [1.165, 1.54) is 0 Å². The minimum absolute atomic E-state index is 0.0316. The summed E-state index contributed by atoms with van der Waals surface area (Å²) in [5.74, 6) is -0.0316. The third kappa shape index (κ3) is 2.29. The van der Waals surface area contributed by atoms with Gasteiger partial charge in [-0.3, -0.25) is 4.79 Å². The van der Waals surface area contributed by atoms with E-state index in [9.17, 15) is 4.79 Å². The number of halogens is 1. The lowest BCUT2D eigenvalue weighted by Gasteiger charge is -2.02. The van der Waals surface area contributed by atoms with Crippen LogP contribution in [0.1, 0.15) is 15.9 Å². The Labute approximate surface area is 104 Å². The van der Waals surface area contributed by atoms with Crippen molar-refractivity contribution in [2.24, 2.45) is 0 Å². The van der Waals surface area contributed by atoms with Crippen LogP contribution in [0.2, 0.25) is 5.02 Å². The first-order chi connectivity index (χ1) is 7.68. The molecule has 80 valence electrons. The first-order valence-corrected chi connectivity index (χ1v) is 5.59. The zero-order valence-corrected chi connectivity index (χ0v) is 10.0. The first-order valence-electron chi connectivity index (χ1n) is 4.77. The summed E-state index contributed by atoms with van der Waals surface area (Å²) in [5.41, 5.74) is 1.24. The molecule has 0 atom stereocenters. The Hall–Kier alpha value is -1.25. The molecule has 0 fully saturated rings. The first kappa shape index (κ1) is 11.2. The fourth-order valence-corrected chi connectivity index (χ4v) is 1.72. The van der Waals surface area contributed by atoms with Crippen LogP contribution in [0.25, 0.3) is 0 Å². The number of rotatable bonds is 2. The average Bonchev–Trinajstić information content (AvgIpc) is 2.33. The van der Waals surface area contributed by atoms with E-state index < -0.39 is 0 Å². The summed E-state index contributed by atoms with van der Waals surface area (Å²) in [5, 5.41) is 0.491. The van der Waals surface area contributed by atoms with Gasteiger partial charge < -0.3 is 0 Å². The van der Waals surface area contributed by atoms with Gasteiger partial charge in [0.1, 0.15) is 0 Å². The quantitative estimate of drug-likeness (QED) is 0.631. The molecular weight excluding hydrogens is 240 g/mol. The molecule has 2 aromatic carbocycles. The number of thiol groups is 1. The standard InChI is InChI=1S/C13H9ClOS/c14-11-8-10(6-7-12(11)16)13(15)9-4-2-1-3-5-9/h1-8,16H. The average molecular weight is 249 g/mol. The molecule has 0 N–H and O–H groups in total. The van der Waals surface area contributed by atoms with Crippen LogP contribution >= 0.6 is 24.2 Å². The number of hydrogen-bond donors (Lipinski definition) is 1. The lowest BCUT2D eigenvalue weighted by molar-refractivity contribution is 0.103. The monoisotopic (exact) mass is 248 g/mol. The number of ketones is 1. The van der Waals surface area contributed by atoms with Crippen LogP contribution in [0.3, 0.4) is 0 Å². The van der Waals surface area contributed by atoms with E-state index in [0.29, 0.717) is 21.0 Å². The Morgan fingerprint density at radius 1 is 1.00 bits per heavy atom. The second-order valence-corrected chi connectivity index (χ2v) is 4.25. The lowest BCUT2D eigenvalue weighted by Crippen LogP contribution is -2.00. The highest BCUT2D eigenvalue weighted by atomic mass is 35.5. The molecule has 0 aliphatic heterocycles. The molecule has 3 heteroatoms. The van der Waals surface area contributed by atoms with Crippen molar-refractivity contribution in [3.8, 4) is 0 Å². The third-order valence-electron chi connectivity index (χ3n) is 2.25. The number of hydrogen-bond acceptors (Lipinski definition) is 2. The van der Waals surface area contributed by atoms with Gasteiger partial charge in [0.15, 0.2) is 5.78 Å². The maximum absolute atomic E-state index is 12.0. The maximum atomic E-state index is 12.0. The predicted molar refractivity (Wildman–Crippen MR) is 68.6 cm³/mol. The van der Waals surface area contributed by atoms with Gasteiger partial charge in [0.2, 0.25) is 0 Å². The minimum Gasteiger partial charge on any atom is -0.289 e. The van der Waals surface area contributed by atoms with Crippen LogP contribution in [-0.4, -0.2) is 5.78 Å². The van der Waals surface area contributed by atoms with Gasteiger partial charge in [0, 0.05) is 16.0 Å². The highest BCUT2D eigenvalue weighted by molar-refractivity contribution is 7.80. The second kappa shape index (κ2) is 4.73. The van der Waals surface area contributed by atoms with Crippen molar-refractivity contribution in [3.05, 3.63) is 64.7 Å². The molecule has 1 nitrogen and oxygen atoms in total. The molecule has 0 unspecified atom stereocenters. The molecule has 0 saturated carbocycles. The van der Waals surface area contributed by atoms with Crippen LogP contribution < -0.4 is 0 Å². The topological polar surface area (TPSA) is 17.1 Å². The van der Waals surface area contributed by atoms with Crippen molar-refractivity contribution in [1.82, 2.24) is 0 Å². The van der Waals surface area contributed by atoms with Crippen molar-refractivity contribution in [1.29, 1.82) is 0 Å². The third-order valence-corrected chi connectivity index (χ3v) is 3.08. The highest BCUT2D eigenvalue weighted by Gasteiger charge is 2.09. The summed E-state index contributed by atoms with van der Waals surface area (Å²) in [6.45, 7) is 0. The summed E-state index contributed by atoms with van der Waals surface area (Å²) in [4.78, 5) is 12.7. The van der Waals surface area contributed by atoms with Gasteiger partial charge in [0.05, 0.1) is 5.02 Å². The molecule has 0 saturated heterocycles. The molecule has 2 aromatic rings. The summed E-state index contributed by atoms with van der Waals surface area (Å²) in [6, 6.07) is 14.2. The van der Waals surface area contributed by atoms with E-state index in [1.807, 2.05) is 18.2 Å². The fraction of sp³-hybridized carbons (Fsp3) is 0. The summed E-state index contributed by atoms with van der Waals surface area (Å²) >= 11 is 10.1. The molecule has 2 rings (SSSR count). The van der Waals surface area contributed by atoms with E-state index in [0.717, 1.165) is 0 Å². The minimum atomic E-state index is -0.0316. The van der Waals surface area contributed by atoms with Crippen LogP contribution in [-0.2, 0) is 0 Å². The number of carbonyl (C=O) groups is 1. The van der Waals surface area contributed by atoms with Gasteiger partial charge in [-0.1, -0.05) is 41.9 Å². The van der Waals surface area contributed by atoms with Gasteiger partial charge >= 0.3 is 0 Å². The zero-order chi connectivity index (χ0) is 11.5. The Bertz CT molecular complexity index is 523. The Morgan fingerprint density at radius 3 is 2.31 bits per heavy atom. The van der Waals surface area contributed by atoms with Gasteiger partial charge in [-0.15, -0.1) is 12.6 Å². The lowest BCUT2D eigenvalue weighted by atomic mass is 10.0. The Morgan fingerprint density at radius 2 is 1.69 bits per heavy atom. The van der Waals surface area contributed by atoms with Crippen molar-refractivity contribution >= 4 is 30.0 Å². The largest absolute Gasteiger partial charge is 0.289 e. The van der Waals surface area contributed by atoms with Crippen LogP contribution in [0.15, 0.2) is 53.4 Å².